The summed E-state index contributed by atoms with van der Waals surface area (Å²) >= 11 is 3.23. The fraction of sp³-hybridized carbons (Fsp3) is 0.333. The predicted molar refractivity (Wildman–Crippen MR) is 79.4 cm³/mol. The number of halogens is 1. The average molecular weight is 349 g/mol. The van der Waals surface area contributed by atoms with Gasteiger partial charge in [0.05, 0.1) is 11.5 Å². The number of hydrogen-bond donors (Lipinski definition) is 1. The summed E-state index contributed by atoms with van der Waals surface area (Å²) in [6.07, 6.45) is 1.54. The monoisotopic (exact) mass is 348 g/mol. The SMILES string of the molecule is C=CCN(CCOC)S(=O)(=O)c1ccc(N)cc1Br. The third-order valence-electron chi connectivity index (χ3n) is 2.45. The van der Waals surface area contributed by atoms with E-state index >= 15 is 0 Å². The first-order valence-corrected chi connectivity index (χ1v) is 7.81. The molecule has 0 saturated carbocycles. The van der Waals surface area contributed by atoms with Gasteiger partial charge in [0.25, 0.3) is 0 Å². The first-order valence-electron chi connectivity index (χ1n) is 5.58. The van der Waals surface area contributed by atoms with Crippen molar-refractivity contribution in [1.82, 2.24) is 4.31 Å². The summed E-state index contributed by atoms with van der Waals surface area (Å²) in [4.78, 5) is 0.180. The van der Waals surface area contributed by atoms with Gasteiger partial charge < -0.3 is 10.5 Å². The van der Waals surface area contributed by atoms with Crippen LogP contribution in [0.25, 0.3) is 0 Å². The van der Waals surface area contributed by atoms with Crippen LogP contribution >= 0.6 is 15.9 Å². The Kier molecular flexibility index (Phi) is 5.99. The van der Waals surface area contributed by atoms with Gasteiger partial charge in [-0.1, -0.05) is 6.08 Å². The third kappa shape index (κ3) is 4.04. The van der Waals surface area contributed by atoms with Gasteiger partial charge in [0, 0.05) is 30.4 Å². The number of nitrogens with two attached hydrogens (primary N) is 1. The van der Waals surface area contributed by atoms with Crippen LogP contribution in [0.5, 0.6) is 0 Å². The molecule has 0 heterocycles. The van der Waals surface area contributed by atoms with Gasteiger partial charge in [0.1, 0.15) is 0 Å². The maximum Gasteiger partial charge on any atom is 0.244 e. The number of rotatable bonds is 7. The van der Waals surface area contributed by atoms with Crippen LogP contribution in [0, 0.1) is 0 Å². The quantitative estimate of drug-likeness (QED) is 0.602. The lowest BCUT2D eigenvalue weighted by atomic mass is 10.3. The molecular formula is C12H17BrN2O3S. The van der Waals surface area contributed by atoms with E-state index in [2.05, 4.69) is 22.5 Å². The van der Waals surface area contributed by atoms with E-state index in [4.69, 9.17) is 10.5 Å². The second-order valence-electron chi connectivity index (χ2n) is 3.83. The van der Waals surface area contributed by atoms with Crippen molar-refractivity contribution < 1.29 is 13.2 Å². The summed E-state index contributed by atoms with van der Waals surface area (Å²) < 4.78 is 31.7. The van der Waals surface area contributed by atoms with Gasteiger partial charge in [0.15, 0.2) is 0 Å². The van der Waals surface area contributed by atoms with E-state index in [0.717, 1.165) is 0 Å². The van der Waals surface area contributed by atoms with Crippen molar-refractivity contribution in [3.63, 3.8) is 0 Å². The lowest BCUT2D eigenvalue weighted by Gasteiger charge is -2.21. The van der Waals surface area contributed by atoms with Crippen LogP contribution in [0.2, 0.25) is 0 Å². The second-order valence-corrected chi connectivity index (χ2v) is 6.60. The lowest BCUT2D eigenvalue weighted by molar-refractivity contribution is 0.182. The number of anilines is 1. The van der Waals surface area contributed by atoms with Crippen LogP contribution in [0.4, 0.5) is 5.69 Å². The van der Waals surface area contributed by atoms with Crippen molar-refractivity contribution in [1.29, 1.82) is 0 Å². The lowest BCUT2D eigenvalue weighted by Crippen LogP contribution is -2.34. The summed E-state index contributed by atoms with van der Waals surface area (Å²) in [5.74, 6) is 0. The molecule has 0 radical (unpaired) electrons. The Labute approximate surface area is 122 Å². The average Bonchev–Trinajstić information content (AvgIpc) is 2.33. The molecule has 2 N–H and O–H groups in total. The molecule has 0 atom stereocenters. The fourth-order valence-corrected chi connectivity index (χ4v) is 3.96. The summed E-state index contributed by atoms with van der Waals surface area (Å²) in [5, 5.41) is 0. The minimum atomic E-state index is -3.60. The Morgan fingerprint density at radius 3 is 2.74 bits per heavy atom. The Balaban J connectivity index is 3.14. The molecule has 0 saturated heterocycles. The van der Waals surface area contributed by atoms with E-state index in [0.29, 0.717) is 16.8 Å². The molecule has 0 amide bonds. The van der Waals surface area contributed by atoms with Crippen LogP contribution in [0.3, 0.4) is 0 Å². The Morgan fingerprint density at radius 2 is 2.21 bits per heavy atom. The van der Waals surface area contributed by atoms with E-state index < -0.39 is 10.0 Å². The number of benzene rings is 1. The normalized spacial score (nSPS) is 11.7. The van der Waals surface area contributed by atoms with E-state index in [9.17, 15) is 8.42 Å². The summed E-state index contributed by atoms with van der Waals surface area (Å²) in [6, 6.07) is 4.60. The van der Waals surface area contributed by atoms with Crippen LogP contribution in [0.15, 0.2) is 40.2 Å². The molecule has 0 aliphatic carbocycles. The molecule has 1 rings (SSSR count). The van der Waals surface area contributed by atoms with Gasteiger partial charge in [-0.3, -0.25) is 0 Å². The molecule has 0 aliphatic rings. The molecule has 19 heavy (non-hydrogen) atoms. The smallest absolute Gasteiger partial charge is 0.244 e. The van der Waals surface area contributed by atoms with E-state index in [1.807, 2.05) is 0 Å². The van der Waals surface area contributed by atoms with Crippen molar-refractivity contribution in [2.45, 2.75) is 4.90 Å². The van der Waals surface area contributed by atoms with Gasteiger partial charge in [-0.25, -0.2) is 8.42 Å². The zero-order valence-corrected chi connectivity index (χ0v) is 13.1. The number of nitrogens with zero attached hydrogens (tertiary/aromatic N) is 1. The number of ether oxygens (including phenoxy) is 1. The second kappa shape index (κ2) is 7.04. The van der Waals surface area contributed by atoms with Crippen LogP contribution in [0.1, 0.15) is 0 Å². The molecule has 0 aliphatic heterocycles. The minimum Gasteiger partial charge on any atom is -0.399 e. The topological polar surface area (TPSA) is 72.6 Å². The van der Waals surface area contributed by atoms with E-state index in [1.54, 1.807) is 18.2 Å². The van der Waals surface area contributed by atoms with E-state index in [1.165, 1.54) is 17.5 Å². The molecule has 0 spiro atoms. The van der Waals surface area contributed by atoms with Crippen molar-refractivity contribution in [3.05, 3.63) is 35.3 Å². The van der Waals surface area contributed by atoms with Crippen molar-refractivity contribution in [2.75, 3.05) is 32.5 Å². The zero-order valence-electron chi connectivity index (χ0n) is 10.7. The van der Waals surface area contributed by atoms with Crippen LogP contribution in [-0.2, 0) is 14.8 Å². The molecule has 0 unspecified atom stereocenters. The van der Waals surface area contributed by atoms with Crippen LogP contribution in [-0.4, -0.2) is 39.5 Å². The van der Waals surface area contributed by atoms with Gasteiger partial charge in [-0.15, -0.1) is 6.58 Å². The summed E-state index contributed by atoms with van der Waals surface area (Å²) in [5.41, 5.74) is 6.11. The van der Waals surface area contributed by atoms with Gasteiger partial charge in [0.2, 0.25) is 10.0 Å². The number of methoxy groups -OCH3 is 1. The van der Waals surface area contributed by atoms with Crippen molar-refractivity contribution in [2.24, 2.45) is 0 Å². The maximum atomic E-state index is 12.5. The highest BCUT2D eigenvalue weighted by atomic mass is 79.9. The van der Waals surface area contributed by atoms with Gasteiger partial charge >= 0.3 is 0 Å². The molecule has 7 heteroatoms. The standard InChI is InChI=1S/C12H17BrN2O3S/c1-3-6-15(7-8-18-2)19(16,17)12-5-4-10(14)9-11(12)13/h3-5,9H,1,6-8,14H2,2H3. The zero-order chi connectivity index (χ0) is 14.5. The minimum absolute atomic E-state index is 0.180. The largest absolute Gasteiger partial charge is 0.399 e. The number of nitrogen functional groups attached to an aromatic ring is 1. The van der Waals surface area contributed by atoms with Crippen LogP contribution < -0.4 is 5.73 Å². The maximum absolute atomic E-state index is 12.5. The number of hydrogen-bond acceptors (Lipinski definition) is 4. The fourth-order valence-electron chi connectivity index (χ4n) is 1.51. The Morgan fingerprint density at radius 1 is 1.53 bits per heavy atom. The molecule has 1 aromatic rings. The number of sulfonamides is 1. The third-order valence-corrected chi connectivity index (χ3v) is 5.29. The molecule has 0 bridgehead atoms. The molecule has 1 aromatic carbocycles. The van der Waals surface area contributed by atoms with Gasteiger partial charge in [-0.05, 0) is 34.1 Å². The first kappa shape index (κ1) is 16.2. The van der Waals surface area contributed by atoms with Crippen molar-refractivity contribution >= 4 is 31.6 Å². The summed E-state index contributed by atoms with van der Waals surface area (Å²) in [7, 11) is -2.08. The highest BCUT2D eigenvalue weighted by molar-refractivity contribution is 9.10. The molecule has 0 fully saturated rings. The first-order chi connectivity index (χ1) is 8.93. The molecule has 106 valence electrons. The molecule has 0 aromatic heterocycles. The summed E-state index contributed by atoms with van der Waals surface area (Å²) in [6.45, 7) is 4.38. The highest BCUT2D eigenvalue weighted by Crippen LogP contribution is 2.26. The van der Waals surface area contributed by atoms with E-state index in [-0.39, 0.29) is 18.0 Å². The Hall–Kier alpha value is -0.890. The molecular weight excluding hydrogens is 332 g/mol. The Bertz CT molecular complexity index is 546. The van der Waals surface area contributed by atoms with Gasteiger partial charge in [-0.2, -0.15) is 4.31 Å². The molecule has 5 nitrogen and oxygen atoms in total. The van der Waals surface area contributed by atoms with Crippen molar-refractivity contribution in [3.8, 4) is 0 Å². The highest BCUT2D eigenvalue weighted by Gasteiger charge is 2.25. The predicted octanol–water partition coefficient (Wildman–Crippen LogP) is 1.85.